The average Bonchev–Trinajstić information content (AvgIpc) is 3.00. The Morgan fingerprint density at radius 2 is 1.82 bits per heavy atom. The number of rotatable bonds is 6. The molecule has 0 atom stereocenters. The summed E-state index contributed by atoms with van der Waals surface area (Å²) in [7, 11) is 0. The number of halogens is 3. The van der Waals surface area contributed by atoms with Crippen LogP contribution in [0.4, 0.5) is 4.39 Å². The van der Waals surface area contributed by atoms with Gasteiger partial charge in [0.1, 0.15) is 0 Å². The third-order valence-corrected chi connectivity index (χ3v) is 7.14. The SMILES string of the molecule is FCCCN1CC(=Cc2ccc(C3=C(c4ccc(Cl)cc4Cl)CCCc4ccccc43)nc2)C1. The van der Waals surface area contributed by atoms with Gasteiger partial charge >= 0.3 is 0 Å². The molecule has 2 nitrogen and oxygen atoms in total. The Bertz CT molecular complexity index is 1240. The largest absolute Gasteiger partial charge is 0.295 e. The molecular weight excluding hydrogens is 466 g/mol. The smallest absolute Gasteiger partial charge is 0.0906 e. The minimum absolute atomic E-state index is 0.247. The maximum Gasteiger partial charge on any atom is 0.0906 e. The highest BCUT2D eigenvalue weighted by Gasteiger charge is 2.23. The van der Waals surface area contributed by atoms with Crippen molar-refractivity contribution in [1.82, 2.24) is 9.88 Å². The van der Waals surface area contributed by atoms with Gasteiger partial charge in [0.05, 0.1) is 12.4 Å². The summed E-state index contributed by atoms with van der Waals surface area (Å²) in [5.41, 5.74) is 9.36. The third-order valence-electron chi connectivity index (χ3n) is 6.59. The number of benzene rings is 2. The van der Waals surface area contributed by atoms with Crippen LogP contribution in [0.2, 0.25) is 10.0 Å². The number of aromatic nitrogens is 1. The summed E-state index contributed by atoms with van der Waals surface area (Å²) in [6.45, 7) is 2.41. The van der Waals surface area contributed by atoms with Gasteiger partial charge in [0.25, 0.3) is 0 Å². The van der Waals surface area contributed by atoms with Gasteiger partial charge in [-0.05, 0) is 77.3 Å². The van der Waals surface area contributed by atoms with Crippen molar-refractivity contribution in [3.8, 4) is 0 Å². The van der Waals surface area contributed by atoms with E-state index in [1.165, 1.54) is 22.3 Å². The summed E-state index contributed by atoms with van der Waals surface area (Å²) in [6.07, 6.45) is 7.77. The van der Waals surface area contributed by atoms with Crippen molar-refractivity contribution in [2.24, 2.45) is 0 Å². The number of pyridine rings is 1. The number of hydrogen-bond donors (Lipinski definition) is 0. The first-order valence-corrected chi connectivity index (χ1v) is 12.6. The summed E-state index contributed by atoms with van der Waals surface area (Å²) >= 11 is 12.9. The summed E-state index contributed by atoms with van der Waals surface area (Å²) in [5, 5.41) is 1.31. The second-order valence-corrected chi connectivity index (χ2v) is 9.86. The highest BCUT2D eigenvalue weighted by atomic mass is 35.5. The molecule has 1 fully saturated rings. The van der Waals surface area contributed by atoms with Gasteiger partial charge in [-0.15, -0.1) is 0 Å². The molecule has 2 aliphatic rings. The van der Waals surface area contributed by atoms with Crippen molar-refractivity contribution in [3.63, 3.8) is 0 Å². The number of likely N-dealkylation sites (tertiary alicyclic amines) is 1. The van der Waals surface area contributed by atoms with Crippen LogP contribution in [0, 0.1) is 0 Å². The zero-order valence-electron chi connectivity index (χ0n) is 19.0. The van der Waals surface area contributed by atoms with E-state index in [0.717, 1.165) is 61.3 Å². The van der Waals surface area contributed by atoms with Crippen molar-refractivity contribution in [2.45, 2.75) is 25.7 Å². The lowest BCUT2D eigenvalue weighted by molar-refractivity contribution is 0.239. The van der Waals surface area contributed by atoms with Gasteiger partial charge in [-0.25, -0.2) is 0 Å². The molecule has 2 aromatic carbocycles. The van der Waals surface area contributed by atoms with Crippen molar-refractivity contribution in [2.75, 3.05) is 26.3 Å². The van der Waals surface area contributed by atoms with Crippen LogP contribution in [-0.4, -0.2) is 36.2 Å². The molecule has 1 aliphatic carbocycles. The summed E-state index contributed by atoms with van der Waals surface area (Å²) in [4.78, 5) is 7.18. The standard InChI is InChI=1S/C29H27Cl2FN2/c30-23-10-11-25(27(31)16-23)26-8-3-6-22-5-1-2-7-24(22)29(26)28-12-9-20(17-33-28)15-21-18-34(19-21)14-4-13-32/h1-2,5,7,9-12,15-17H,3-4,6,8,13-14,18-19H2. The van der Waals surface area contributed by atoms with E-state index >= 15 is 0 Å². The first kappa shape index (κ1) is 23.3. The Labute approximate surface area is 210 Å². The molecule has 0 saturated carbocycles. The van der Waals surface area contributed by atoms with Gasteiger partial charge in [0, 0.05) is 41.4 Å². The van der Waals surface area contributed by atoms with Gasteiger partial charge in [-0.1, -0.05) is 65.7 Å². The molecule has 0 amide bonds. The van der Waals surface area contributed by atoms with E-state index in [4.69, 9.17) is 28.2 Å². The number of hydrogen-bond acceptors (Lipinski definition) is 2. The summed E-state index contributed by atoms with van der Waals surface area (Å²) < 4.78 is 12.4. The Morgan fingerprint density at radius 3 is 2.59 bits per heavy atom. The predicted molar refractivity (Wildman–Crippen MR) is 141 cm³/mol. The lowest BCUT2D eigenvalue weighted by Gasteiger charge is -2.33. The molecular formula is C29H27Cl2FN2. The van der Waals surface area contributed by atoms with Crippen LogP contribution in [0.15, 0.2) is 66.4 Å². The van der Waals surface area contributed by atoms with Crippen LogP contribution in [-0.2, 0) is 6.42 Å². The second kappa shape index (κ2) is 10.4. The minimum atomic E-state index is -0.247. The molecule has 0 N–H and O–H groups in total. The van der Waals surface area contributed by atoms with E-state index in [0.29, 0.717) is 16.5 Å². The van der Waals surface area contributed by atoms with E-state index in [1.54, 1.807) is 0 Å². The molecule has 2 heterocycles. The van der Waals surface area contributed by atoms with Crippen LogP contribution in [0.5, 0.6) is 0 Å². The summed E-state index contributed by atoms with van der Waals surface area (Å²) in [5.74, 6) is 0. The Morgan fingerprint density at radius 1 is 0.971 bits per heavy atom. The second-order valence-electron chi connectivity index (χ2n) is 9.02. The van der Waals surface area contributed by atoms with E-state index in [1.807, 2.05) is 24.4 Å². The number of allylic oxidation sites excluding steroid dienone is 1. The van der Waals surface area contributed by atoms with E-state index in [2.05, 4.69) is 47.4 Å². The van der Waals surface area contributed by atoms with Gasteiger partial charge in [-0.2, -0.15) is 0 Å². The Kier molecular flexibility index (Phi) is 7.15. The predicted octanol–water partition coefficient (Wildman–Crippen LogP) is 7.74. The Balaban J connectivity index is 1.52. The average molecular weight is 493 g/mol. The highest BCUT2D eigenvalue weighted by Crippen LogP contribution is 2.41. The molecule has 1 saturated heterocycles. The molecule has 5 heteroatoms. The Hall–Kier alpha value is -2.46. The van der Waals surface area contributed by atoms with Crippen LogP contribution in [0.1, 0.15) is 47.2 Å². The minimum Gasteiger partial charge on any atom is -0.295 e. The van der Waals surface area contributed by atoms with Crippen molar-refractivity contribution in [1.29, 1.82) is 0 Å². The van der Waals surface area contributed by atoms with Crippen LogP contribution in [0.25, 0.3) is 17.2 Å². The van der Waals surface area contributed by atoms with Crippen molar-refractivity contribution < 1.29 is 4.39 Å². The number of aryl methyl sites for hydroxylation is 1. The maximum atomic E-state index is 12.4. The monoisotopic (exact) mass is 492 g/mol. The third kappa shape index (κ3) is 4.98. The quantitative estimate of drug-likeness (QED) is 0.349. The molecule has 34 heavy (non-hydrogen) atoms. The highest BCUT2D eigenvalue weighted by molar-refractivity contribution is 6.36. The molecule has 0 unspecified atom stereocenters. The van der Waals surface area contributed by atoms with Crippen LogP contribution >= 0.6 is 23.2 Å². The molecule has 0 spiro atoms. The summed E-state index contributed by atoms with van der Waals surface area (Å²) in [6, 6.07) is 18.6. The first-order chi connectivity index (χ1) is 16.6. The normalized spacial score (nSPS) is 16.1. The number of nitrogens with zero attached hydrogens (tertiary/aromatic N) is 2. The fraction of sp³-hybridized carbons (Fsp3) is 0.276. The van der Waals surface area contributed by atoms with Crippen LogP contribution in [0.3, 0.4) is 0 Å². The van der Waals surface area contributed by atoms with Gasteiger partial charge < -0.3 is 0 Å². The van der Waals surface area contributed by atoms with Gasteiger partial charge in [0.15, 0.2) is 0 Å². The topological polar surface area (TPSA) is 16.1 Å². The van der Waals surface area contributed by atoms with Crippen LogP contribution < -0.4 is 0 Å². The number of alkyl halides is 1. The van der Waals surface area contributed by atoms with E-state index in [9.17, 15) is 4.39 Å². The van der Waals surface area contributed by atoms with Crippen molar-refractivity contribution >= 4 is 40.4 Å². The zero-order valence-corrected chi connectivity index (χ0v) is 20.5. The fourth-order valence-corrected chi connectivity index (χ4v) is 5.48. The van der Waals surface area contributed by atoms with E-state index < -0.39 is 0 Å². The lowest BCUT2D eigenvalue weighted by atomic mass is 9.90. The molecule has 0 bridgehead atoms. The lowest BCUT2D eigenvalue weighted by Crippen LogP contribution is -2.40. The molecule has 3 aromatic rings. The van der Waals surface area contributed by atoms with E-state index in [-0.39, 0.29) is 6.67 Å². The molecule has 1 aliphatic heterocycles. The zero-order chi connectivity index (χ0) is 23.5. The molecule has 0 radical (unpaired) electrons. The fourth-order valence-electron chi connectivity index (χ4n) is 4.96. The van der Waals surface area contributed by atoms with Gasteiger partial charge in [-0.3, -0.25) is 14.3 Å². The first-order valence-electron chi connectivity index (χ1n) is 11.8. The number of fused-ring (bicyclic) bond motifs is 1. The maximum absolute atomic E-state index is 12.4. The molecule has 174 valence electrons. The van der Waals surface area contributed by atoms with Crippen molar-refractivity contribution in [3.05, 3.63) is 104 Å². The van der Waals surface area contributed by atoms with Gasteiger partial charge in [0.2, 0.25) is 0 Å². The molecule has 1 aromatic heterocycles. The molecule has 5 rings (SSSR count).